The van der Waals surface area contributed by atoms with Gasteiger partial charge in [-0.2, -0.15) is 0 Å². The van der Waals surface area contributed by atoms with Crippen molar-refractivity contribution in [2.75, 3.05) is 5.75 Å². The molecule has 0 spiro atoms. The first-order valence-electron chi connectivity index (χ1n) is 11.0. The van der Waals surface area contributed by atoms with Gasteiger partial charge in [-0.1, -0.05) is 71.9 Å². The number of thioether (sulfide) groups is 1. The van der Waals surface area contributed by atoms with Gasteiger partial charge in [0.25, 0.3) is 5.56 Å². The van der Waals surface area contributed by atoms with E-state index in [0.717, 1.165) is 11.1 Å². The summed E-state index contributed by atoms with van der Waals surface area (Å²) in [4.78, 5) is 26.0. The molecule has 34 heavy (non-hydrogen) atoms. The molecule has 3 aromatic carbocycles. The Morgan fingerprint density at radius 1 is 0.971 bits per heavy atom. The van der Waals surface area contributed by atoms with Gasteiger partial charge in [0.05, 0.1) is 28.4 Å². The fourth-order valence-corrected chi connectivity index (χ4v) is 4.69. The zero-order valence-corrected chi connectivity index (χ0v) is 19.6. The summed E-state index contributed by atoms with van der Waals surface area (Å²) in [5, 5.41) is 12.8. The molecule has 2 heterocycles. The number of amides is 1. The van der Waals surface area contributed by atoms with Gasteiger partial charge >= 0.3 is 0 Å². The molecule has 7 nitrogen and oxygen atoms in total. The lowest BCUT2D eigenvalue weighted by Crippen LogP contribution is -2.28. The maximum Gasteiger partial charge on any atom is 0.267 e. The van der Waals surface area contributed by atoms with E-state index in [4.69, 9.17) is 0 Å². The van der Waals surface area contributed by atoms with E-state index >= 15 is 0 Å². The molecular formula is C26H23N5O2S. The second-order valence-electron chi connectivity index (χ2n) is 8.10. The van der Waals surface area contributed by atoms with Gasteiger partial charge in [0.15, 0.2) is 5.16 Å². The topological polar surface area (TPSA) is 81.3 Å². The van der Waals surface area contributed by atoms with Gasteiger partial charge < -0.3 is 5.32 Å². The monoisotopic (exact) mass is 469 g/mol. The maximum absolute atomic E-state index is 13.4. The average molecular weight is 470 g/mol. The molecule has 8 heteroatoms. The summed E-state index contributed by atoms with van der Waals surface area (Å²) >= 11 is 1.29. The van der Waals surface area contributed by atoms with E-state index in [-0.39, 0.29) is 23.3 Å². The second-order valence-corrected chi connectivity index (χ2v) is 9.04. The normalized spacial score (nSPS) is 12.2. The van der Waals surface area contributed by atoms with Gasteiger partial charge in [-0.15, -0.1) is 10.2 Å². The van der Waals surface area contributed by atoms with Crippen LogP contribution >= 0.6 is 11.8 Å². The van der Waals surface area contributed by atoms with E-state index in [0.29, 0.717) is 27.5 Å². The summed E-state index contributed by atoms with van der Waals surface area (Å²) in [6.45, 7) is 3.95. The van der Waals surface area contributed by atoms with Gasteiger partial charge in [0.1, 0.15) is 0 Å². The van der Waals surface area contributed by atoms with E-state index in [2.05, 4.69) is 15.5 Å². The van der Waals surface area contributed by atoms with Gasteiger partial charge in [-0.3, -0.25) is 14.0 Å². The first-order chi connectivity index (χ1) is 16.5. The van der Waals surface area contributed by atoms with Crippen molar-refractivity contribution in [3.05, 3.63) is 100 Å². The molecule has 1 atom stereocenters. The van der Waals surface area contributed by atoms with Crippen molar-refractivity contribution < 1.29 is 4.79 Å². The minimum atomic E-state index is -0.162. The van der Waals surface area contributed by atoms with Crippen LogP contribution in [0.1, 0.15) is 24.1 Å². The number of aryl methyl sites for hydroxylation is 1. The molecule has 2 aromatic heterocycles. The number of nitrogens with one attached hydrogen (secondary N) is 1. The minimum absolute atomic E-state index is 0.100. The smallest absolute Gasteiger partial charge is 0.267 e. The highest BCUT2D eigenvalue weighted by Crippen LogP contribution is 2.23. The molecule has 5 rings (SSSR count). The molecule has 0 aliphatic carbocycles. The van der Waals surface area contributed by atoms with Crippen molar-refractivity contribution in [2.24, 2.45) is 0 Å². The third-order valence-electron chi connectivity index (χ3n) is 5.70. The quantitative estimate of drug-likeness (QED) is 0.375. The van der Waals surface area contributed by atoms with Crippen LogP contribution in [0.2, 0.25) is 0 Å². The zero-order valence-electron chi connectivity index (χ0n) is 18.8. The highest BCUT2D eigenvalue weighted by Gasteiger charge is 2.19. The second kappa shape index (κ2) is 9.15. The van der Waals surface area contributed by atoms with Gasteiger partial charge in [0, 0.05) is 0 Å². The third kappa shape index (κ3) is 4.08. The van der Waals surface area contributed by atoms with Crippen LogP contribution < -0.4 is 10.9 Å². The molecule has 0 aliphatic heterocycles. The lowest BCUT2D eigenvalue weighted by atomic mass is 10.1. The van der Waals surface area contributed by atoms with E-state index in [1.54, 1.807) is 10.6 Å². The molecule has 5 aromatic rings. The predicted molar refractivity (Wildman–Crippen MR) is 135 cm³/mol. The highest BCUT2D eigenvalue weighted by atomic mass is 32.2. The first-order valence-corrected chi connectivity index (χ1v) is 11.9. The van der Waals surface area contributed by atoms with Crippen LogP contribution in [-0.2, 0) is 4.79 Å². The number of hydrogen-bond donors (Lipinski definition) is 1. The molecule has 0 bridgehead atoms. The van der Waals surface area contributed by atoms with Crippen LogP contribution in [0.3, 0.4) is 0 Å². The SMILES string of the molecule is Cc1ccc(-n2c(=O)c3ccccc3n3c(SCC(=O)NC(C)c4ccccc4)nnc23)cc1. The molecule has 0 saturated carbocycles. The number of benzene rings is 3. The van der Waals surface area contributed by atoms with Crippen molar-refractivity contribution in [1.29, 1.82) is 0 Å². The van der Waals surface area contributed by atoms with Crippen LogP contribution in [0.5, 0.6) is 0 Å². The summed E-state index contributed by atoms with van der Waals surface area (Å²) in [7, 11) is 0. The predicted octanol–water partition coefficient (Wildman–Crippen LogP) is 4.31. The van der Waals surface area contributed by atoms with E-state index in [1.807, 2.05) is 91.0 Å². The Morgan fingerprint density at radius 3 is 2.44 bits per heavy atom. The number of carbonyl (C=O) groups is 1. The molecule has 1 unspecified atom stereocenters. The number of carbonyl (C=O) groups excluding carboxylic acids is 1. The number of fused-ring (bicyclic) bond motifs is 3. The van der Waals surface area contributed by atoms with E-state index < -0.39 is 0 Å². The van der Waals surface area contributed by atoms with Crippen molar-refractivity contribution in [3.63, 3.8) is 0 Å². The number of rotatable bonds is 6. The molecule has 0 radical (unpaired) electrons. The Balaban J connectivity index is 1.50. The summed E-state index contributed by atoms with van der Waals surface area (Å²) in [5.74, 6) is 0.484. The Hall–Kier alpha value is -3.91. The van der Waals surface area contributed by atoms with Crippen LogP contribution in [0, 0.1) is 6.92 Å². The number of aromatic nitrogens is 4. The standard InChI is InChI=1S/C26H23N5O2S/c1-17-12-14-20(15-13-17)30-24(33)21-10-6-7-11-22(21)31-25(30)28-29-26(31)34-16-23(32)27-18(2)19-8-4-3-5-9-19/h3-15,18H,16H2,1-2H3,(H,27,32). The van der Waals surface area contributed by atoms with Gasteiger partial charge in [-0.05, 0) is 43.7 Å². The van der Waals surface area contributed by atoms with Crippen LogP contribution in [0.4, 0.5) is 0 Å². The van der Waals surface area contributed by atoms with Crippen molar-refractivity contribution in [1.82, 2.24) is 24.5 Å². The molecule has 1 amide bonds. The lowest BCUT2D eigenvalue weighted by Gasteiger charge is -2.14. The Morgan fingerprint density at radius 2 is 1.68 bits per heavy atom. The summed E-state index contributed by atoms with van der Waals surface area (Å²) in [5.41, 5.74) is 3.40. The molecule has 0 aliphatic rings. The largest absolute Gasteiger partial charge is 0.349 e. The van der Waals surface area contributed by atoms with Crippen molar-refractivity contribution >= 4 is 34.3 Å². The molecule has 0 fully saturated rings. The lowest BCUT2D eigenvalue weighted by molar-refractivity contribution is -0.119. The minimum Gasteiger partial charge on any atom is -0.349 e. The first kappa shape index (κ1) is 21.9. The third-order valence-corrected chi connectivity index (χ3v) is 6.63. The number of hydrogen-bond acceptors (Lipinski definition) is 5. The fourth-order valence-electron chi connectivity index (χ4n) is 3.94. The molecule has 0 saturated heterocycles. The van der Waals surface area contributed by atoms with E-state index in [1.165, 1.54) is 11.8 Å². The van der Waals surface area contributed by atoms with Gasteiger partial charge in [-0.25, -0.2) is 4.57 Å². The molecule has 1 N–H and O–H groups in total. The highest BCUT2D eigenvalue weighted by molar-refractivity contribution is 7.99. The number of para-hydroxylation sites is 1. The Bertz CT molecular complexity index is 1540. The summed E-state index contributed by atoms with van der Waals surface area (Å²) in [6.07, 6.45) is 0. The Labute approximate surface area is 200 Å². The summed E-state index contributed by atoms with van der Waals surface area (Å²) in [6, 6.07) is 24.8. The van der Waals surface area contributed by atoms with Crippen molar-refractivity contribution in [3.8, 4) is 5.69 Å². The van der Waals surface area contributed by atoms with Crippen molar-refractivity contribution in [2.45, 2.75) is 25.0 Å². The maximum atomic E-state index is 13.4. The van der Waals surface area contributed by atoms with Crippen LogP contribution in [-0.4, -0.2) is 30.8 Å². The zero-order chi connectivity index (χ0) is 23.7. The number of nitrogens with zero attached hydrogens (tertiary/aromatic N) is 4. The molecule has 170 valence electrons. The Kier molecular flexibility index (Phi) is 5.90. The van der Waals surface area contributed by atoms with Gasteiger partial charge in [0.2, 0.25) is 11.7 Å². The fraction of sp³-hybridized carbons (Fsp3) is 0.154. The molecular weight excluding hydrogens is 446 g/mol. The summed E-state index contributed by atoms with van der Waals surface area (Å²) < 4.78 is 3.41. The average Bonchev–Trinajstić information content (AvgIpc) is 3.28. The van der Waals surface area contributed by atoms with Crippen LogP contribution in [0.25, 0.3) is 22.4 Å². The van der Waals surface area contributed by atoms with Crippen LogP contribution in [0.15, 0.2) is 88.8 Å². The van der Waals surface area contributed by atoms with E-state index in [9.17, 15) is 9.59 Å².